The van der Waals surface area contributed by atoms with Crippen LogP contribution in [0.3, 0.4) is 0 Å². The number of nitrogens with zero attached hydrogens (tertiary/aromatic N) is 3. The number of aryl methyl sites for hydroxylation is 1. The lowest BCUT2D eigenvalue weighted by Gasteiger charge is -2.17. The zero-order chi connectivity index (χ0) is 21.4. The van der Waals surface area contributed by atoms with E-state index in [1.807, 2.05) is 27.0 Å². The average Bonchev–Trinajstić information content (AvgIpc) is 3.03. The lowest BCUT2D eigenvalue weighted by atomic mass is 10.1. The third kappa shape index (κ3) is 5.73. The maximum atomic E-state index is 12.8. The second-order valence-corrected chi connectivity index (χ2v) is 6.75. The van der Waals surface area contributed by atoms with Gasteiger partial charge in [0.25, 0.3) is 5.91 Å². The highest BCUT2D eigenvalue weighted by molar-refractivity contribution is 7.98. The van der Waals surface area contributed by atoms with Crippen LogP contribution in [0.4, 0.5) is 0 Å². The minimum absolute atomic E-state index is 0.109. The first-order chi connectivity index (χ1) is 13.9. The lowest BCUT2D eigenvalue weighted by Crippen LogP contribution is -2.38. The molecule has 0 saturated heterocycles. The molecule has 158 valence electrons. The van der Waals surface area contributed by atoms with Crippen molar-refractivity contribution < 1.29 is 19.0 Å². The summed E-state index contributed by atoms with van der Waals surface area (Å²) < 4.78 is 18.6. The number of rotatable bonds is 9. The zero-order valence-corrected chi connectivity index (χ0v) is 18.7. The zero-order valence-electron chi connectivity index (χ0n) is 17.1. The molecule has 1 heterocycles. The van der Waals surface area contributed by atoms with E-state index in [0.717, 1.165) is 0 Å². The molecule has 9 nitrogen and oxygen atoms in total. The molecule has 29 heavy (non-hydrogen) atoms. The number of nitrogens with one attached hydrogen (secondary N) is 2. The van der Waals surface area contributed by atoms with Crippen LogP contribution in [-0.4, -0.2) is 52.0 Å². The summed E-state index contributed by atoms with van der Waals surface area (Å²) >= 11 is 6.67. The number of thiocarbonyl (C=S) groups is 1. The summed E-state index contributed by atoms with van der Waals surface area (Å²) in [5.74, 6) is 1.54. The van der Waals surface area contributed by atoms with Gasteiger partial charge in [-0.25, -0.2) is 4.68 Å². The highest BCUT2D eigenvalue weighted by Crippen LogP contribution is 2.39. The fraction of sp³-hybridized carbons (Fsp3) is 0.444. The smallest absolute Gasteiger partial charge is 0.257 e. The third-order valence-corrected chi connectivity index (χ3v) is 4.41. The molecule has 0 aliphatic carbocycles. The quantitative estimate of drug-likeness (QED) is 0.451. The van der Waals surface area contributed by atoms with Crippen molar-refractivity contribution in [2.45, 2.75) is 32.9 Å². The van der Waals surface area contributed by atoms with Gasteiger partial charge in [-0.05, 0) is 58.3 Å². The molecule has 11 heteroatoms. The van der Waals surface area contributed by atoms with E-state index in [1.54, 1.807) is 23.7 Å². The van der Waals surface area contributed by atoms with Crippen LogP contribution in [0.2, 0.25) is 0 Å². The Labute approximate surface area is 179 Å². The van der Waals surface area contributed by atoms with Crippen molar-refractivity contribution in [3.05, 3.63) is 23.5 Å². The molecule has 0 fully saturated rings. The molecule has 2 aromatic rings. The van der Waals surface area contributed by atoms with E-state index in [2.05, 4.69) is 20.9 Å². The second kappa shape index (κ2) is 10.9. The second-order valence-electron chi connectivity index (χ2n) is 5.57. The Morgan fingerprint density at radius 2 is 1.69 bits per heavy atom. The number of hydrogen-bond acceptors (Lipinski definition) is 8. The predicted octanol–water partition coefficient (Wildman–Crippen LogP) is 2.76. The number of carbonyl (C=O) groups is 1. The van der Waals surface area contributed by atoms with Crippen LogP contribution >= 0.6 is 24.0 Å². The third-order valence-electron chi connectivity index (χ3n) is 3.59. The Hall–Kier alpha value is -2.53. The fourth-order valence-corrected chi connectivity index (χ4v) is 3.10. The molecular weight excluding hydrogens is 414 g/mol. The SMILES string of the molecule is CCOc1cc(C(=O)NC(=S)Nn2c(C)nnc2SC)cc(OCC)c1OCC. The van der Waals surface area contributed by atoms with Gasteiger partial charge in [-0.3, -0.25) is 15.5 Å². The molecule has 1 amide bonds. The van der Waals surface area contributed by atoms with Crippen LogP contribution < -0.4 is 25.0 Å². The first kappa shape index (κ1) is 22.8. The molecule has 0 aliphatic rings. The molecule has 1 aromatic carbocycles. The fourth-order valence-electron chi connectivity index (χ4n) is 2.43. The topological polar surface area (TPSA) is 99.5 Å². The molecule has 0 bridgehead atoms. The van der Waals surface area contributed by atoms with Gasteiger partial charge in [0.2, 0.25) is 10.9 Å². The molecule has 2 rings (SSSR count). The van der Waals surface area contributed by atoms with E-state index < -0.39 is 5.91 Å². The monoisotopic (exact) mass is 439 g/mol. The van der Waals surface area contributed by atoms with E-state index in [9.17, 15) is 4.79 Å². The minimum Gasteiger partial charge on any atom is -0.490 e. The van der Waals surface area contributed by atoms with Gasteiger partial charge in [-0.1, -0.05) is 11.8 Å². The largest absolute Gasteiger partial charge is 0.490 e. The van der Waals surface area contributed by atoms with Crippen LogP contribution in [0.1, 0.15) is 37.0 Å². The Morgan fingerprint density at radius 1 is 1.10 bits per heavy atom. The van der Waals surface area contributed by atoms with Crippen LogP contribution in [0.5, 0.6) is 17.2 Å². The van der Waals surface area contributed by atoms with Crippen molar-refractivity contribution in [1.29, 1.82) is 0 Å². The first-order valence-corrected chi connectivity index (χ1v) is 10.7. The van der Waals surface area contributed by atoms with Gasteiger partial charge >= 0.3 is 0 Å². The molecule has 2 N–H and O–H groups in total. The highest BCUT2D eigenvalue weighted by Gasteiger charge is 2.19. The van der Waals surface area contributed by atoms with Gasteiger partial charge < -0.3 is 14.2 Å². The van der Waals surface area contributed by atoms with Gasteiger partial charge in [0.1, 0.15) is 5.82 Å². The number of hydrogen-bond donors (Lipinski definition) is 2. The summed E-state index contributed by atoms with van der Waals surface area (Å²) in [7, 11) is 0. The van der Waals surface area contributed by atoms with Crippen molar-refractivity contribution in [3.63, 3.8) is 0 Å². The summed E-state index contributed by atoms with van der Waals surface area (Å²) in [6.45, 7) is 8.63. The lowest BCUT2D eigenvalue weighted by molar-refractivity contribution is 0.0976. The van der Waals surface area contributed by atoms with Gasteiger partial charge in [-0.15, -0.1) is 10.2 Å². The van der Waals surface area contributed by atoms with Crippen molar-refractivity contribution in [1.82, 2.24) is 20.2 Å². The van der Waals surface area contributed by atoms with Crippen molar-refractivity contribution in [2.24, 2.45) is 0 Å². The number of aromatic nitrogens is 3. The Balaban J connectivity index is 2.24. The van der Waals surface area contributed by atoms with Gasteiger partial charge in [-0.2, -0.15) is 0 Å². The Bertz CT molecular complexity index is 845. The maximum absolute atomic E-state index is 12.8. The summed E-state index contributed by atoms with van der Waals surface area (Å²) in [6.07, 6.45) is 1.87. The summed E-state index contributed by atoms with van der Waals surface area (Å²) in [6, 6.07) is 3.21. The van der Waals surface area contributed by atoms with E-state index in [0.29, 0.717) is 53.6 Å². The summed E-state index contributed by atoms with van der Waals surface area (Å²) in [5.41, 5.74) is 3.23. The number of amides is 1. The van der Waals surface area contributed by atoms with Crippen molar-refractivity contribution in [2.75, 3.05) is 31.5 Å². The van der Waals surface area contributed by atoms with Crippen LogP contribution in [-0.2, 0) is 0 Å². The highest BCUT2D eigenvalue weighted by atomic mass is 32.2. The predicted molar refractivity (Wildman–Crippen MR) is 116 cm³/mol. The summed E-state index contributed by atoms with van der Waals surface area (Å²) in [4.78, 5) is 12.8. The molecule has 0 saturated carbocycles. The van der Waals surface area contributed by atoms with Crippen LogP contribution in [0.15, 0.2) is 17.3 Å². The van der Waals surface area contributed by atoms with E-state index in [-0.39, 0.29) is 5.11 Å². The number of carbonyl (C=O) groups excluding carboxylic acids is 1. The van der Waals surface area contributed by atoms with Crippen LogP contribution in [0.25, 0.3) is 0 Å². The molecule has 0 spiro atoms. The Kier molecular flexibility index (Phi) is 8.52. The standard InChI is InChI=1S/C18H25N5O4S2/c1-6-25-13-9-12(10-14(26-7-2)15(13)27-8-3)16(24)19-17(28)22-23-11(4)20-21-18(23)29-5/h9-10H,6-8H2,1-5H3,(H2,19,22,24,28). The molecule has 0 aliphatic heterocycles. The van der Waals surface area contributed by atoms with Gasteiger partial charge in [0.05, 0.1) is 19.8 Å². The molecular formula is C18H25N5O4S2. The molecule has 0 radical (unpaired) electrons. The van der Waals surface area contributed by atoms with E-state index in [1.165, 1.54) is 11.8 Å². The number of thioether (sulfide) groups is 1. The molecule has 1 aromatic heterocycles. The molecule has 0 atom stereocenters. The number of benzene rings is 1. The molecule has 0 unspecified atom stereocenters. The van der Waals surface area contributed by atoms with Crippen molar-refractivity contribution in [3.8, 4) is 17.2 Å². The van der Waals surface area contributed by atoms with Crippen LogP contribution in [0, 0.1) is 6.92 Å². The number of ether oxygens (including phenoxy) is 3. The Morgan fingerprint density at radius 3 is 2.21 bits per heavy atom. The van der Waals surface area contributed by atoms with Crippen molar-refractivity contribution >= 4 is 35.0 Å². The summed E-state index contributed by atoms with van der Waals surface area (Å²) in [5, 5.41) is 11.4. The van der Waals surface area contributed by atoms with E-state index >= 15 is 0 Å². The minimum atomic E-state index is -0.413. The van der Waals surface area contributed by atoms with E-state index in [4.69, 9.17) is 26.4 Å². The first-order valence-electron chi connectivity index (χ1n) is 9.09. The normalized spacial score (nSPS) is 10.4. The maximum Gasteiger partial charge on any atom is 0.257 e. The average molecular weight is 440 g/mol. The van der Waals surface area contributed by atoms with Gasteiger partial charge in [0.15, 0.2) is 16.6 Å². The van der Waals surface area contributed by atoms with Gasteiger partial charge in [0, 0.05) is 5.56 Å².